The Kier molecular flexibility index (Phi) is 9.57. The highest BCUT2D eigenvalue weighted by Gasteiger charge is 2.17. The third-order valence-corrected chi connectivity index (χ3v) is 11.9. The van der Waals surface area contributed by atoms with Gasteiger partial charge in [-0.15, -0.1) is 0 Å². The van der Waals surface area contributed by atoms with Gasteiger partial charge in [0.25, 0.3) is 0 Å². The van der Waals surface area contributed by atoms with Crippen molar-refractivity contribution >= 4 is 38.8 Å². The summed E-state index contributed by atoms with van der Waals surface area (Å²) in [5.74, 6) is 0.858. The smallest absolute Gasteiger partial charge is 0.136 e. The molecule has 10 aromatic carbocycles. The van der Waals surface area contributed by atoms with Crippen LogP contribution in [0.1, 0.15) is 0 Å². The average Bonchev–Trinajstić information content (AvgIpc) is 3.80. The molecule has 11 rings (SSSR count). The maximum atomic E-state index is 6.47. The van der Waals surface area contributed by atoms with Crippen LogP contribution in [-0.2, 0) is 0 Å². The molecule has 0 N–H and O–H groups in total. The Balaban J connectivity index is 0.976. The van der Waals surface area contributed by atoms with Crippen molar-refractivity contribution < 1.29 is 4.42 Å². The van der Waals surface area contributed by atoms with Gasteiger partial charge < -0.3 is 9.32 Å². The first-order valence-electron chi connectivity index (χ1n) is 21.2. The number of fused-ring (bicyclic) bond motifs is 2. The summed E-state index contributed by atoms with van der Waals surface area (Å²) in [6.45, 7) is 0. The largest absolute Gasteiger partial charge is 0.456 e. The lowest BCUT2D eigenvalue weighted by Gasteiger charge is -2.26. The van der Waals surface area contributed by atoms with Crippen LogP contribution in [0.4, 0.5) is 17.1 Å². The van der Waals surface area contributed by atoms with Crippen molar-refractivity contribution in [1.29, 1.82) is 0 Å². The maximum Gasteiger partial charge on any atom is 0.136 e. The minimum Gasteiger partial charge on any atom is -0.456 e. The van der Waals surface area contributed by atoms with Crippen LogP contribution >= 0.6 is 0 Å². The SMILES string of the molecule is c1ccc(-c2ccccc2-c2ccc(N(c3ccc(-c4ccc(-c5ccccc5)c(-c5cc6ccccc6o5)c4)cc3)c3ccc(-c4ccc5ccccc5c4)cc3)cc2)cc1. The first kappa shape index (κ1) is 36.8. The van der Waals surface area contributed by atoms with Gasteiger partial charge >= 0.3 is 0 Å². The third kappa shape index (κ3) is 7.14. The van der Waals surface area contributed by atoms with E-state index in [-0.39, 0.29) is 0 Å². The Morgan fingerprint density at radius 2 is 0.661 bits per heavy atom. The first-order chi connectivity index (χ1) is 30.7. The van der Waals surface area contributed by atoms with E-state index >= 15 is 0 Å². The van der Waals surface area contributed by atoms with Gasteiger partial charge in [0.1, 0.15) is 11.3 Å². The first-order valence-corrected chi connectivity index (χ1v) is 21.2. The molecule has 0 aliphatic rings. The second-order valence-electron chi connectivity index (χ2n) is 15.7. The summed E-state index contributed by atoms with van der Waals surface area (Å²) in [5, 5.41) is 3.58. The quantitative estimate of drug-likeness (QED) is 0.145. The normalized spacial score (nSPS) is 11.2. The van der Waals surface area contributed by atoms with E-state index in [2.05, 4.69) is 241 Å². The highest BCUT2D eigenvalue weighted by atomic mass is 16.3. The molecule has 0 bridgehead atoms. The van der Waals surface area contributed by atoms with Crippen molar-refractivity contribution in [3.8, 4) is 67.0 Å². The molecule has 2 nitrogen and oxygen atoms in total. The molecule has 0 aliphatic carbocycles. The zero-order valence-corrected chi connectivity index (χ0v) is 34.0. The lowest BCUT2D eigenvalue weighted by molar-refractivity contribution is 0.632. The summed E-state index contributed by atoms with van der Waals surface area (Å²) in [6, 6.07) is 89.0. The fraction of sp³-hybridized carbons (Fsp3) is 0. The average molecular weight is 792 g/mol. The molecular weight excluding hydrogens is 751 g/mol. The van der Waals surface area contributed by atoms with Gasteiger partial charge in [0.2, 0.25) is 0 Å². The van der Waals surface area contributed by atoms with E-state index in [0.717, 1.165) is 61.6 Å². The topological polar surface area (TPSA) is 16.4 Å². The summed E-state index contributed by atoms with van der Waals surface area (Å²) >= 11 is 0. The number of furan rings is 1. The van der Waals surface area contributed by atoms with Gasteiger partial charge in [-0.1, -0.05) is 188 Å². The summed E-state index contributed by atoms with van der Waals surface area (Å²) < 4.78 is 6.47. The van der Waals surface area contributed by atoms with E-state index in [0.29, 0.717) is 0 Å². The van der Waals surface area contributed by atoms with Crippen LogP contribution in [0.2, 0.25) is 0 Å². The second kappa shape index (κ2) is 16.1. The third-order valence-electron chi connectivity index (χ3n) is 11.9. The van der Waals surface area contributed by atoms with Crippen LogP contribution in [-0.4, -0.2) is 0 Å². The highest BCUT2D eigenvalue weighted by molar-refractivity contribution is 5.92. The molecule has 0 unspecified atom stereocenters. The van der Waals surface area contributed by atoms with E-state index in [1.54, 1.807) is 0 Å². The van der Waals surface area contributed by atoms with E-state index in [1.807, 2.05) is 12.1 Å². The molecule has 2 heteroatoms. The summed E-state index contributed by atoms with van der Waals surface area (Å²) in [7, 11) is 0. The lowest BCUT2D eigenvalue weighted by Crippen LogP contribution is -2.09. The van der Waals surface area contributed by atoms with Crippen LogP contribution in [0.5, 0.6) is 0 Å². The highest BCUT2D eigenvalue weighted by Crippen LogP contribution is 2.41. The standard InChI is InChI=1S/C60H41NO/c1-3-14-45(15-4-1)55-20-10-11-21-56(55)47-29-36-54(37-30-47)61(52-32-25-43(26-33-52)49-24-23-42-13-7-8-18-48(42)39-49)53-34-27-44(28-35-53)50-31-38-57(46-16-5-2-6-17-46)58(40-50)60-41-51-19-9-12-22-59(51)62-60/h1-41H. The molecule has 1 aromatic heterocycles. The van der Waals surface area contributed by atoms with Crippen molar-refractivity contribution in [2.75, 3.05) is 4.90 Å². The summed E-state index contributed by atoms with van der Waals surface area (Å²) in [6.07, 6.45) is 0. The molecule has 0 spiro atoms. The number of benzene rings is 10. The molecule has 292 valence electrons. The Morgan fingerprint density at radius 1 is 0.242 bits per heavy atom. The van der Waals surface area contributed by atoms with Gasteiger partial charge in [-0.3, -0.25) is 0 Å². The monoisotopic (exact) mass is 791 g/mol. The molecule has 0 fully saturated rings. The second-order valence-corrected chi connectivity index (χ2v) is 15.7. The number of para-hydroxylation sites is 1. The zero-order chi connectivity index (χ0) is 41.2. The Labute approximate surface area is 362 Å². The predicted molar refractivity (Wildman–Crippen MR) is 261 cm³/mol. The number of hydrogen-bond acceptors (Lipinski definition) is 2. The maximum absolute atomic E-state index is 6.47. The van der Waals surface area contributed by atoms with Crippen LogP contribution in [0, 0.1) is 0 Å². The van der Waals surface area contributed by atoms with Crippen LogP contribution < -0.4 is 4.90 Å². The van der Waals surface area contributed by atoms with Crippen molar-refractivity contribution in [2.24, 2.45) is 0 Å². The fourth-order valence-corrected chi connectivity index (χ4v) is 8.73. The van der Waals surface area contributed by atoms with Gasteiger partial charge in [0.05, 0.1) is 0 Å². The summed E-state index contributed by atoms with van der Waals surface area (Å²) in [5.41, 5.74) is 16.9. The predicted octanol–water partition coefficient (Wildman–Crippen LogP) is 17.1. The minimum absolute atomic E-state index is 0.858. The van der Waals surface area contributed by atoms with E-state index in [1.165, 1.54) is 44.2 Å². The molecule has 0 amide bonds. The molecular formula is C60H41NO. The van der Waals surface area contributed by atoms with Crippen LogP contribution in [0.3, 0.4) is 0 Å². The molecule has 0 saturated carbocycles. The Hall–Kier alpha value is -8.20. The fourth-order valence-electron chi connectivity index (χ4n) is 8.73. The van der Waals surface area contributed by atoms with Gasteiger partial charge in [-0.25, -0.2) is 0 Å². The van der Waals surface area contributed by atoms with Crippen molar-refractivity contribution in [1.82, 2.24) is 0 Å². The molecule has 62 heavy (non-hydrogen) atoms. The Bertz CT molecular complexity index is 3280. The Morgan fingerprint density at radius 3 is 1.24 bits per heavy atom. The van der Waals surface area contributed by atoms with Crippen LogP contribution in [0.15, 0.2) is 253 Å². The lowest BCUT2D eigenvalue weighted by atomic mass is 9.93. The molecule has 0 atom stereocenters. The van der Waals surface area contributed by atoms with E-state index < -0.39 is 0 Å². The zero-order valence-electron chi connectivity index (χ0n) is 34.0. The van der Waals surface area contributed by atoms with Crippen molar-refractivity contribution in [3.63, 3.8) is 0 Å². The van der Waals surface area contributed by atoms with Gasteiger partial charge in [-0.2, -0.15) is 0 Å². The van der Waals surface area contributed by atoms with Crippen molar-refractivity contribution in [3.05, 3.63) is 249 Å². The molecule has 0 aliphatic heterocycles. The van der Waals surface area contributed by atoms with Gasteiger partial charge in [-0.05, 0) is 127 Å². The summed E-state index contributed by atoms with van der Waals surface area (Å²) in [4.78, 5) is 2.35. The van der Waals surface area contributed by atoms with Crippen molar-refractivity contribution in [2.45, 2.75) is 0 Å². The molecule has 0 saturated heterocycles. The minimum atomic E-state index is 0.858. The number of nitrogens with zero attached hydrogens (tertiary/aromatic N) is 1. The molecule has 1 heterocycles. The van der Waals surface area contributed by atoms with Crippen LogP contribution in [0.25, 0.3) is 88.7 Å². The van der Waals surface area contributed by atoms with E-state index in [4.69, 9.17) is 4.42 Å². The number of hydrogen-bond donors (Lipinski definition) is 0. The number of rotatable bonds is 9. The molecule has 0 radical (unpaired) electrons. The van der Waals surface area contributed by atoms with Gasteiger partial charge in [0, 0.05) is 28.0 Å². The number of anilines is 3. The molecule has 11 aromatic rings. The van der Waals surface area contributed by atoms with E-state index in [9.17, 15) is 0 Å². The van der Waals surface area contributed by atoms with Gasteiger partial charge in [0.15, 0.2) is 0 Å².